The van der Waals surface area contributed by atoms with Crippen LogP contribution >= 0.6 is 0 Å². The van der Waals surface area contributed by atoms with Gasteiger partial charge in [-0.25, -0.2) is 4.79 Å². The van der Waals surface area contributed by atoms with E-state index < -0.39 is 18.5 Å². The first-order chi connectivity index (χ1) is 12.6. The first-order valence-corrected chi connectivity index (χ1v) is 7.89. The Labute approximate surface area is 149 Å². The number of anilines is 1. The van der Waals surface area contributed by atoms with Gasteiger partial charge in [-0.1, -0.05) is 24.3 Å². The van der Waals surface area contributed by atoms with Gasteiger partial charge in [0, 0.05) is 28.9 Å². The van der Waals surface area contributed by atoms with E-state index in [0.717, 1.165) is 16.5 Å². The highest BCUT2D eigenvalue weighted by Gasteiger charge is 2.06. The third-order valence-corrected chi connectivity index (χ3v) is 3.56. The van der Waals surface area contributed by atoms with Gasteiger partial charge in [-0.2, -0.15) is 0 Å². The Bertz CT molecular complexity index is 960. The largest absolute Gasteiger partial charge is 0.508 e. The summed E-state index contributed by atoms with van der Waals surface area (Å²) < 4.78 is 4.93. The highest BCUT2D eigenvalue weighted by atomic mass is 16.5. The second kappa shape index (κ2) is 7.94. The molecule has 6 heteroatoms. The third kappa shape index (κ3) is 4.45. The van der Waals surface area contributed by atoms with Gasteiger partial charge in [0.15, 0.2) is 6.61 Å². The summed E-state index contributed by atoms with van der Waals surface area (Å²) in [7, 11) is 0. The lowest BCUT2D eigenvalue weighted by Gasteiger charge is -2.05. The van der Waals surface area contributed by atoms with Crippen molar-refractivity contribution < 1.29 is 19.4 Å². The first kappa shape index (κ1) is 17.2. The Morgan fingerprint density at radius 2 is 1.85 bits per heavy atom. The van der Waals surface area contributed by atoms with Crippen molar-refractivity contribution in [2.75, 3.05) is 11.9 Å². The zero-order chi connectivity index (χ0) is 18.4. The molecule has 0 unspecified atom stereocenters. The minimum atomic E-state index is -0.626. The summed E-state index contributed by atoms with van der Waals surface area (Å²) in [4.78, 5) is 27.9. The van der Waals surface area contributed by atoms with Crippen LogP contribution in [-0.4, -0.2) is 28.6 Å². The minimum Gasteiger partial charge on any atom is -0.508 e. The molecule has 0 spiro atoms. The molecule has 2 N–H and O–H groups in total. The number of benzene rings is 2. The number of rotatable bonds is 5. The highest BCUT2D eigenvalue weighted by molar-refractivity contribution is 5.96. The van der Waals surface area contributed by atoms with E-state index in [2.05, 4.69) is 10.3 Å². The summed E-state index contributed by atoms with van der Waals surface area (Å²) in [6.45, 7) is -0.405. The number of nitrogens with one attached hydrogen (secondary N) is 1. The Kier molecular flexibility index (Phi) is 5.24. The van der Waals surface area contributed by atoms with Gasteiger partial charge in [0.1, 0.15) is 5.75 Å². The highest BCUT2D eigenvalue weighted by Crippen LogP contribution is 2.17. The van der Waals surface area contributed by atoms with Crippen LogP contribution in [0.2, 0.25) is 0 Å². The zero-order valence-electron chi connectivity index (χ0n) is 13.8. The van der Waals surface area contributed by atoms with E-state index in [4.69, 9.17) is 4.74 Å². The number of ether oxygens (including phenoxy) is 1. The van der Waals surface area contributed by atoms with E-state index in [1.54, 1.807) is 24.4 Å². The molecule has 0 atom stereocenters. The molecule has 1 heterocycles. The summed E-state index contributed by atoms with van der Waals surface area (Å²) in [5.74, 6) is -0.995. The van der Waals surface area contributed by atoms with Crippen molar-refractivity contribution in [3.8, 4) is 5.75 Å². The van der Waals surface area contributed by atoms with E-state index in [1.807, 2.05) is 30.3 Å². The number of amides is 1. The third-order valence-electron chi connectivity index (χ3n) is 3.56. The molecule has 0 bridgehead atoms. The van der Waals surface area contributed by atoms with E-state index in [1.165, 1.54) is 18.2 Å². The quantitative estimate of drug-likeness (QED) is 0.420. The summed E-state index contributed by atoms with van der Waals surface area (Å²) in [6.07, 6.45) is 4.55. The maximum atomic E-state index is 11.8. The molecular weight excluding hydrogens is 332 g/mol. The molecule has 6 nitrogen and oxygen atoms in total. The fourth-order valence-corrected chi connectivity index (χ4v) is 2.35. The summed E-state index contributed by atoms with van der Waals surface area (Å²) >= 11 is 0. The number of phenols is 1. The molecule has 0 radical (unpaired) electrons. The van der Waals surface area contributed by atoms with Gasteiger partial charge in [0.25, 0.3) is 5.91 Å². The van der Waals surface area contributed by atoms with Gasteiger partial charge in [-0.3, -0.25) is 9.78 Å². The monoisotopic (exact) mass is 348 g/mol. The molecule has 3 aromatic rings. The van der Waals surface area contributed by atoms with Crippen molar-refractivity contribution in [2.45, 2.75) is 0 Å². The van der Waals surface area contributed by atoms with E-state index in [0.29, 0.717) is 5.69 Å². The maximum Gasteiger partial charge on any atom is 0.331 e. The summed E-state index contributed by atoms with van der Waals surface area (Å²) in [5.41, 5.74) is 2.07. The lowest BCUT2D eigenvalue weighted by atomic mass is 10.1. The second-order valence-electron chi connectivity index (χ2n) is 5.46. The average molecular weight is 348 g/mol. The molecule has 0 fully saturated rings. The number of carbonyl (C=O) groups is 2. The zero-order valence-corrected chi connectivity index (χ0v) is 13.8. The number of nitrogens with zero attached hydrogens (tertiary/aromatic N) is 1. The summed E-state index contributed by atoms with van der Waals surface area (Å²) in [5, 5.41) is 12.7. The Balaban J connectivity index is 1.55. The van der Waals surface area contributed by atoms with Crippen LogP contribution in [0.3, 0.4) is 0 Å². The van der Waals surface area contributed by atoms with Gasteiger partial charge in [-0.05, 0) is 36.4 Å². The van der Waals surface area contributed by atoms with Crippen LogP contribution in [0.15, 0.2) is 66.9 Å². The molecule has 1 aromatic heterocycles. The fourth-order valence-electron chi connectivity index (χ4n) is 2.35. The van der Waals surface area contributed by atoms with Crippen molar-refractivity contribution in [3.63, 3.8) is 0 Å². The number of phenolic OH excluding ortho intramolecular Hbond substituents is 1. The second-order valence-corrected chi connectivity index (χ2v) is 5.46. The molecule has 0 saturated heterocycles. The van der Waals surface area contributed by atoms with Gasteiger partial charge in [0.2, 0.25) is 0 Å². The van der Waals surface area contributed by atoms with Crippen molar-refractivity contribution in [1.82, 2.24) is 4.98 Å². The molecule has 3 rings (SSSR count). The van der Waals surface area contributed by atoms with Crippen molar-refractivity contribution in [1.29, 1.82) is 0 Å². The van der Waals surface area contributed by atoms with Crippen LogP contribution in [0.25, 0.3) is 17.0 Å². The molecule has 0 aliphatic heterocycles. The Hall–Kier alpha value is -3.67. The first-order valence-electron chi connectivity index (χ1n) is 7.89. The van der Waals surface area contributed by atoms with Crippen LogP contribution in [0.4, 0.5) is 5.69 Å². The molecule has 130 valence electrons. The number of esters is 1. The lowest BCUT2D eigenvalue weighted by molar-refractivity contribution is -0.142. The lowest BCUT2D eigenvalue weighted by Crippen LogP contribution is -2.20. The van der Waals surface area contributed by atoms with Crippen LogP contribution in [0.5, 0.6) is 5.75 Å². The number of pyridine rings is 1. The Morgan fingerprint density at radius 3 is 2.65 bits per heavy atom. The number of aromatic hydroxyl groups is 1. The predicted molar refractivity (Wildman–Crippen MR) is 98.5 cm³/mol. The topological polar surface area (TPSA) is 88.5 Å². The van der Waals surface area contributed by atoms with Gasteiger partial charge >= 0.3 is 5.97 Å². The van der Waals surface area contributed by atoms with E-state index in [-0.39, 0.29) is 5.75 Å². The molecule has 0 saturated carbocycles. The van der Waals surface area contributed by atoms with Crippen LogP contribution in [-0.2, 0) is 14.3 Å². The molecular formula is C20H16N2O4. The van der Waals surface area contributed by atoms with Crippen LogP contribution < -0.4 is 5.32 Å². The van der Waals surface area contributed by atoms with Gasteiger partial charge in [0.05, 0.1) is 5.52 Å². The number of hydrogen-bond acceptors (Lipinski definition) is 5. The van der Waals surface area contributed by atoms with Crippen molar-refractivity contribution >= 4 is 34.5 Å². The fraction of sp³-hybridized carbons (Fsp3) is 0.0500. The van der Waals surface area contributed by atoms with Gasteiger partial charge in [-0.15, -0.1) is 0 Å². The van der Waals surface area contributed by atoms with E-state index >= 15 is 0 Å². The maximum absolute atomic E-state index is 11.8. The predicted octanol–water partition coefficient (Wildman–Crippen LogP) is 3.14. The SMILES string of the molecule is O=C(COC(=O)/C=C\c1cccc2cccnc12)Nc1ccc(O)cc1. The summed E-state index contributed by atoms with van der Waals surface area (Å²) in [6, 6.07) is 15.4. The number of aromatic nitrogens is 1. The Morgan fingerprint density at radius 1 is 1.08 bits per heavy atom. The van der Waals surface area contributed by atoms with Crippen molar-refractivity contribution in [2.24, 2.45) is 0 Å². The molecule has 2 aromatic carbocycles. The molecule has 1 amide bonds. The standard InChI is InChI=1S/C20H16N2O4/c23-17-9-7-16(8-10-17)22-18(24)13-26-19(25)11-6-15-4-1-3-14-5-2-12-21-20(14)15/h1-12,23H,13H2,(H,22,24)/b11-6-. The number of para-hydroxylation sites is 1. The average Bonchev–Trinajstić information content (AvgIpc) is 2.66. The number of fused-ring (bicyclic) bond motifs is 1. The van der Waals surface area contributed by atoms with E-state index in [9.17, 15) is 14.7 Å². The molecule has 0 aliphatic rings. The normalized spacial score (nSPS) is 10.8. The minimum absolute atomic E-state index is 0.0995. The number of carbonyl (C=O) groups excluding carboxylic acids is 2. The smallest absolute Gasteiger partial charge is 0.331 e. The van der Waals surface area contributed by atoms with Crippen molar-refractivity contribution in [3.05, 3.63) is 72.4 Å². The van der Waals surface area contributed by atoms with Gasteiger partial charge < -0.3 is 15.2 Å². The molecule has 0 aliphatic carbocycles. The molecule has 26 heavy (non-hydrogen) atoms. The van der Waals surface area contributed by atoms with Crippen LogP contribution in [0, 0.1) is 0 Å². The van der Waals surface area contributed by atoms with Crippen LogP contribution in [0.1, 0.15) is 5.56 Å². The number of hydrogen-bond donors (Lipinski definition) is 2.